The van der Waals surface area contributed by atoms with Gasteiger partial charge < -0.3 is 24.0 Å². The van der Waals surface area contributed by atoms with Crippen molar-refractivity contribution in [3.63, 3.8) is 0 Å². The number of hydrogen-bond acceptors (Lipinski definition) is 6. The number of likely N-dealkylation sites (tertiary alicyclic amines) is 1. The van der Waals surface area contributed by atoms with Crippen molar-refractivity contribution in [2.75, 3.05) is 20.8 Å². The van der Waals surface area contributed by atoms with Gasteiger partial charge in [-0.3, -0.25) is 9.59 Å². The van der Waals surface area contributed by atoms with Crippen LogP contribution in [0.3, 0.4) is 0 Å². The molecule has 0 bridgehead atoms. The molecule has 176 valence electrons. The first kappa shape index (κ1) is 23.4. The topological polar surface area (TPSA) is 93.9 Å². The Morgan fingerprint density at radius 2 is 1.85 bits per heavy atom. The Balaban J connectivity index is 1.81. The van der Waals surface area contributed by atoms with Crippen molar-refractivity contribution in [1.82, 2.24) is 14.5 Å². The number of methoxy groups -OCH3 is 2. The van der Waals surface area contributed by atoms with Gasteiger partial charge in [0.1, 0.15) is 17.3 Å². The summed E-state index contributed by atoms with van der Waals surface area (Å²) in [5.74, 6) is -0.719. The monoisotopic (exact) mass is 481 g/mol. The van der Waals surface area contributed by atoms with Crippen LogP contribution in [0.4, 0.5) is 0 Å². The summed E-state index contributed by atoms with van der Waals surface area (Å²) in [6.45, 7) is 0.896. The van der Waals surface area contributed by atoms with Gasteiger partial charge in [0.05, 0.1) is 32.2 Å². The van der Waals surface area contributed by atoms with E-state index >= 15 is 0 Å². The van der Waals surface area contributed by atoms with Gasteiger partial charge in [0.15, 0.2) is 0 Å². The van der Waals surface area contributed by atoms with Crippen LogP contribution in [-0.2, 0) is 16.1 Å². The molecule has 2 aromatic carbocycles. The van der Waals surface area contributed by atoms with Gasteiger partial charge in [0.2, 0.25) is 0 Å². The van der Waals surface area contributed by atoms with Crippen LogP contribution in [-0.4, -0.2) is 52.0 Å². The number of ether oxygens (including phenoxy) is 2. The second kappa shape index (κ2) is 10.0. The molecule has 1 aliphatic heterocycles. The predicted octanol–water partition coefficient (Wildman–Crippen LogP) is 4.07. The number of carbonyl (C=O) groups excluding carboxylic acids is 2. The van der Waals surface area contributed by atoms with E-state index in [1.165, 1.54) is 19.1 Å². The Kier molecular flexibility index (Phi) is 6.88. The highest BCUT2D eigenvalue weighted by Gasteiger charge is 2.47. The molecule has 0 unspecified atom stereocenters. The van der Waals surface area contributed by atoms with Gasteiger partial charge in [0.25, 0.3) is 11.7 Å². The number of carbonyl (C=O) groups is 2. The van der Waals surface area contributed by atoms with Crippen LogP contribution in [0.5, 0.6) is 11.5 Å². The van der Waals surface area contributed by atoms with Crippen LogP contribution in [0, 0.1) is 0 Å². The molecule has 9 heteroatoms. The molecule has 0 saturated carbocycles. The third-order valence-electron chi connectivity index (χ3n) is 5.76. The van der Waals surface area contributed by atoms with Crippen LogP contribution >= 0.6 is 11.6 Å². The first-order valence-electron chi connectivity index (χ1n) is 10.7. The third kappa shape index (κ3) is 4.49. The minimum atomic E-state index is -0.858. The Labute approximate surface area is 202 Å². The van der Waals surface area contributed by atoms with E-state index in [1.54, 1.807) is 55.0 Å². The zero-order valence-corrected chi connectivity index (χ0v) is 19.5. The van der Waals surface area contributed by atoms with E-state index in [2.05, 4.69) is 4.98 Å². The number of aryl methyl sites for hydroxylation is 1. The van der Waals surface area contributed by atoms with Crippen LogP contribution < -0.4 is 9.47 Å². The van der Waals surface area contributed by atoms with E-state index in [0.29, 0.717) is 40.6 Å². The Morgan fingerprint density at radius 3 is 2.50 bits per heavy atom. The largest absolute Gasteiger partial charge is 0.507 e. The maximum atomic E-state index is 13.2. The van der Waals surface area contributed by atoms with Crippen LogP contribution in [0.25, 0.3) is 5.76 Å². The fourth-order valence-corrected chi connectivity index (χ4v) is 4.22. The quantitative estimate of drug-likeness (QED) is 0.296. The zero-order chi connectivity index (χ0) is 24.2. The molecule has 1 atom stereocenters. The molecule has 4 rings (SSSR count). The molecule has 1 aliphatic rings. The Hall–Kier alpha value is -3.78. The molecule has 0 aliphatic carbocycles. The molecule has 3 aromatic rings. The van der Waals surface area contributed by atoms with E-state index in [1.807, 2.05) is 10.8 Å². The lowest BCUT2D eigenvalue weighted by atomic mass is 9.94. The van der Waals surface area contributed by atoms with Gasteiger partial charge >= 0.3 is 0 Å². The number of benzene rings is 2. The number of ketones is 1. The minimum Gasteiger partial charge on any atom is -0.507 e. The fourth-order valence-electron chi connectivity index (χ4n) is 4.09. The van der Waals surface area contributed by atoms with Crippen LogP contribution in [0.1, 0.15) is 23.6 Å². The molecule has 1 amide bonds. The summed E-state index contributed by atoms with van der Waals surface area (Å²) >= 11 is 5.98. The smallest absolute Gasteiger partial charge is 0.295 e. The number of halogens is 1. The summed E-state index contributed by atoms with van der Waals surface area (Å²) in [6.07, 6.45) is 5.78. The number of imidazole rings is 1. The van der Waals surface area contributed by atoms with Gasteiger partial charge in [0, 0.05) is 41.6 Å². The highest BCUT2D eigenvalue weighted by atomic mass is 35.5. The van der Waals surface area contributed by atoms with E-state index < -0.39 is 17.7 Å². The second-order valence-corrected chi connectivity index (χ2v) is 8.20. The van der Waals surface area contributed by atoms with E-state index in [4.69, 9.17) is 21.1 Å². The molecule has 1 fully saturated rings. The molecular formula is C25H24ClN3O5. The molecular weight excluding hydrogens is 458 g/mol. The first-order chi connectivity index (χ1) is 16.4. The summed E-state index contributed by atoms with van der Waals surface area (Å²) in [4.78, 5) is 31.9. The Bertz CT molecular complexity index is 1220. The summed E-state index contributed by atoms with van der Waals surface area (Å²) in [6, 6.07) is 10.7. The van der Waals surface area contributed by atoms with E-state index in [-0.39, 0.29) is 17.9 Å². The van der Waals surface area contributed by atoms with Gasteiger partial charge in [-0.25, -0.2) is 4.98 Å². The molecule has 1 aromatic heterocycles. The molecule has 1 saturated heterocycles. The number of nitrogens with zero attached hydrogens (tertiary/aromatic N) is 3. The molecule has 34 heavy (non-hydrogen) atoms. The van der Waals surface area contributed by atoms with E-state index in [0.717, 1.165) is 0 Å². The first-order valence-corrected chi connectivity index (χ1v) is 11.0. The highest BCUT2D eigenvalue weighted by Crippen LogP contribution is 2.44. The van der Waals surface area contributed by atoms with Crippen LogP contribution in [0.2, 0.25) is 5.02 Å². The number of amides is 1. The number of rotatable bonds is 8. The second-order valence-electron chi connectivity index (χ2n) is 7.76. The number of aliphatic hydroxyl groups excluding tert-OH is 1. The van der Waals surface area contributed by atoms with Gasteiger partial charge in [-0.15, -0.1) is 0 Å². The van der Waals surface area contributed by atoms with Crippen molar-refractivity contribution in [3.8, 4) is 11.5 Å². The maximum absolute atomic E-state index is 13.2. The molecule has 1 N–H and O–H groups in total. The minimum absolute atomic E-state index is 0.0125. The van der Waals surface area contributed by atoms with Gasteiger partial charge in [-0.1, -0.05) is 11.6 Å². The fraction of sp³-hybridized carbons (Fsp3) is 0.240. The molecule has 0 spiro atoms. The number of aliphatic hydroxyl groups is 1. The lowest BCUT2D eigenvalue weighted by Crippen LogP contribution is -2.31. The lowest BCUT2D eigenvalue weighted by Gasteiger charge is -2.27. The molecule has 2 heterocycles. The summed E-state index contributed by atoms with van der Waals surface area (Å²) in [5, 5.41) is 11.7. The lowest BCUT2D eigenvalue weighted by molar-refractivity contribution is -0.140. The molecule has 0 radical (unpaired) electrons. The molecule has 8 nitrogen and oxygen atoms in total. The maximum Gasteiger partial charge on any atom is 0.295 e. The van der Waals surface area contributed by atoms with Crippen molar-refractivity contribution in [3.05, 3.63) is 82.9 Å². The number of aromatic nitrogens is 2. The number of hydrogen-bond donors (Lipinski definition) is 1. The SMILES string of the molecule is COc1ccc(OC)c([C@@H]2C(=C(O)c3ccc(Cl)cc3)C(=O)C(=O)N2CCCn2ccnc2)c1. The van der Waals surface area contributed by atoms with E-state index in [9.17, 15) is 14.7 Å². The van der Waals surface area contributed by atoms with Crippen molar-refractivity contribution >= 4 is 29.1 Å². The van der Waals surface area contributed by atoms with Crippen LogP contribution in [0.15, 0.2) is 66.8 Å². The third-order valence-corrected chi connectivity index (χ3v) is 6.02. The van der Waals surface area contributed by atoms with Crippen molar-refractivity contribution < 1.29 is 24.2 Å². The average molecular weight is 482 g/mol. The number of Topliss-reactive ketones (excluding diaryl/α,β-unsaturated/α-hetero) is 1. The van der Waals surface area contributed by atoms with Gasteiger partial charge in [-0.2, -0.15) is 0 Å². The van der Waals surface area contributed by atoms with Crippen molar-refractivity contribution in [2.45, 2.75) is 19.0 Å². The summed E-state index contributed by atoms with van der Waals surface area (Å²) in [5.41, 5.74) is 0.911. The standard InChI is InChI=1S/C25H24ClN3O5/c1-33-18-8-9-20(34-2)19(14-18)22-21(23(30)16-4-6-17(26)7-5-16)24(31)25(32)29(22)12-3-11-28-13-10-27-15-28/h4-10,13-15,22,30H,3,11-12H2,1-2H3/t22-/m1/s1. The van der Waals surface area contributed by atoms with Crippen molar-refractivity contribution in [1.29, 1.82) is 0 Å². The summed E-state index contributed by atoms with van der Waals surface area (Å²) < 4.78 is 12.8. The highest BCUT2D eigenvalue weighted by molar-refractivity contribution is 6.46. The summed E-state index contributed by atoms with van der Waals surface area (Å²) in [7, 11) is 3.04. The van der Waals surface area contributed by atoms with Gasteiger partial charge in [-0.05, 0) is 48.9 Å². The predicted molar refractivity (Wildman–Crippen MR) is 127 cm³/mol. The van der Waals surface area contributed by atoms with Crippen molar-refractivity contribution in [2.24, 2.45) is 0 Å². The normalized spacial score (nSPS) is 17.3. The zero-order valence-electron chi connectivity index (χ0n) is 18.8. The average Bonchev–Trinajstić information content (AvgIpc) is 3.46. The Morgan fingerprint density at radius 1 is 1.09 bits per heavy atom.